The van der Waals surface area contributed by atoms with Crippen molar-refractivity contribution in [2.45, 2.75) is 49.5 Å². The Morgan fingerprint density at radius 1 is 1.25 bits per heavy atom. The normalized spacial score (nSPS) is 21.5. The van der Waals surface area contributed by atoms with Gasteiger partial charge in [-0.3, -0.25) is 0 Å². The van der Waals surface area contributed by atoms with Crippen molar-refractivity contribution in [3.05, 3.63) is 29.8 Å². The van der Waals surface area contributed by atoms with E-state index < -0.39 is 10.0 Å². The lowest BCUT2D eigenvalue weighted by Gasteiger charge is -2.29. The number of hydrogen-bond donors (Lipinski definition) is 2. The fourth-order valence-electron chi connectivity index (χ4n) is 2.92. The van der Waals surface area contributed by atoms with Gasteiger partial charge < -0.3 is 10.1 Å². The van der Waals surface area contributed by atoms with Crippen LogP contribution >= 0.6 is 12.4 Å². The molecule has 1 aromatic carbocycles. The molecular formula is C17H29ClN2O3S. The van der Waals surface area contributed by atoms with Crippen LogP contribution in [0.4, 0.5) is 0 Å². The fourth-order valence-corrected chi connectivity index (χ4v) is 4.05. The highest BCUT2D eigenvalue weighted by Crippen LogP contribution is 2.24. The Morgan fingerprint density at radius 2 is 1.88 bits per heavy atom. The molecule has 24 heavy (non-hydrogen) atoms. The molecule has 2 rings (SSSR count). The number of methoxy groups -OCH3 is 1. The summed E-state index contributed by atoms with van der Waals surface area (Å²) < 4.78 is 33.0. The van der Waals surface area contributed by atoms with E-state index in [0.717, 1.165) is 24.9 Å². The summed E-state index contributed by atoms with van der Waals surface area (Å²) in [5.41, 5.74) is 0.823. The van der Waals surface area contributed by atoms with Crippen LogP contribution in [0.25, 0.3) is 0 Å². The lowest BCUT2D eigenvalue weighted by atomic mass is 9.87. The SMILES string of the molecule is COCC1(CNS(=O)(=O)c2ccc(C(C)(C)C)cc2)CCCN1.Cl. The highest BCUT2D eigenvalue weighted by Gasteiger charge is 2.34. The maximum absolute atomic E-state index is 12.5. The van der Waals surface area contributed by atoms with Crippen LogP contribution in [0.2, 0.25) is 0 Å². The quantitative estimate of drug-likeness (QED) is 0.800. The Labute approximate surface area is 152 Å². The van der Waals surface area contributed by atoms with Crippen LogP contribution < -0.4 is 10.0 Å². The van der Waals surface area contributed by atoms with E-state index in [0.29, 0.717) is 18.0 Å². The lowest BCUT2D eigenvalue weighted by molar-refractivity contribution is 0.122. The summed E-state index contributed by atoms with van der Waals surface area (Å²) in [5, 5.41) is 3.37. The number of hydrogen-bond acceptors (Lipinski definition) is 4. The second-order valence-corrected chi connectivity index (χ2v) is 9.11. The van der Waals surface area contributed by atoms with Crippen LogP contribution in [0.5, 0.6) is 0 Å². The number of ether oxygens (including phenoxy) is 1. The van der Waals surface area contributed by atoms with E-state index in [1.54, 1.807) is 19.2 Å². The number of benzene rings is 1. The first kappa shape index (κ1) is 21.4. The Balaban J connectivity index is 0.00000288. The Morgan fingerprint density at radius 3 is 2.33 bits per heavy atom. The highest BCUT2D eigenvalue weighted by atomic mass is 35.5. The molecule has 0 aliphatic carbocycles. The first-order valence-corrected chi connectivity index (χ1v) is 9.51. The van der Waals surface area contributed by atoms with Crippen LogP contribution in [0.3, 0.4) is 0 Å². The summed E-state index contributed by atoms with van der Waals surface area (Å²) in [6.45, 7) is 8.05. The molecule has 0 aromatic heterocycles. The number of halogens is 1. The van der Waals surface area contributed by atoms with Crippen molar-refractivity contribution in [2.75, 3.05) is 26.8 Å². The van der Waals surface area contributed by atoms with Crippen LogP contribution in [0, 0.1) is 0 Å². The Bertz CT molecular complexity index is 618. The number of sulfonamides is 1. The molecule has 0 spiro atoms. The molecule has 2 N–H and O–H groups in total. The average Bonchev–Trinajstić information content (AvgIpc) is 2.94. The van der Waals surface area contributed by atoms with E-state index in [2.05, 4.69) is 30.8 Å². The molecule has 1 aromatic rings. The Kier molecular flexibility index (Phi) is 7.26. The number of rotatable bonds is 6. The lowest BCUT2D eigenvalue weighted by Crippen LogP contribution is -2.52. The summed E-state index contributed by atoms with van der Waals surface area (Å²) in [4.78, 5) is 0.302. The van der Waals surface area contributed by atoms with Crippen molar-refractivity contribution in [3.63, 3.8) is 0 Å². The van der Waals surface area contributed by atoms with Gasteiger partial charge in [0.05, 0.1) is 17.0 Å². The molecule has 1 unspecified atom stereocenters. The van der Waals surface area contributed by atoms with Crippen molar-refractivity contribution in [1.82, 2.24) is 10.0 Å². The van der Waals surface area contributed by atoms with E-state index >= 15 is 0 Å². The molecule has 1 aliphatic rings. The average molecular weight is 377 g/mol. The fraction of sp³-hybridized carbons (Fsp3) is 0.647. The third-order valence-corrected chi connectivity index (χ3v) is 5.80. The van der Waals surface area contributed by atoms with E-state index in [9.17, 15) is 8.42 Å². The molecule has 1 heterocycles. The van der Waals surface area contributed by atoms with E-state index in [4.69, 9.17) is 4.74 Å². The van der Waals surface area contributed by atoms with Gasteiger partial charge in [-0.1, -0.05) is 32.9 Å². The molecule has 5 nitrogen and oxygen atoms in total. The van der Waals surface area contributed by atoms with Gasteiger partial charge in [0.15, 0.2) is 0 Å². The molecule has 7 heteroatoms. The first-order chi connectivity index (χ1) is 10.7. The van der Waals surface area contributed by atoms with Crippen LogP contribution in [-0.4, -0.2) is 40.8 Å². The minimum atomic E-state index is -3.51. The summed E-state index contributed by atoms with van der Waals surface area (Å²) in [6, 6.07) is 7.11. The molecule has 0 radical (unpaired) electrons. The minimum Gasteiger partial charge on any atom is -0.383 e. The zero-order valence-corrected chi connectivity index (χ0v) is 16.5. The molecule has 0 amide bonds. The molecule has 0 saturated carbocycles. The third kappa shape index (κ3) is 5.17. The van der Waals surface area contributed by atoms with Gasteiger partial charge in [0.25, 0.3) is 0 Å². The van der Waals surface area contributed by atoms with Crippen LogP contribution in [-0.2, 0) is 20.2 Å². The maximum Gasteiger partial charge on any atom is 0.240 e. The molecule has 1 fully saturated rings. The van der Waals surface area contributed by atoms with Crippen molar-refractivity contribution >= 4 is 22.4 Å². The zero-order valence-electron chi connectivity index (χ0n) is 14.9. The van der Waals surface area contributed by atoms with Gasteiger partial charge in [-0.15, -0.1) is 12.4 Å². The first-order valence-electron chi connectivity index (χ1n) is 8.03. The van der Waals surface area contributed by atoms with Gasteiger partial charge in [-0.2, -0.15) is 0 Å². The van der Waals surface area contributed by atoms with E-state index in [1.807, 2.05) is 12.1 Å². The molecule has 1 aliphatic heterocycles. The minimum absolute atomic E-state index is 0. The predicted octanol–water partition coefficient (Wildman–Crippen LogP) is 2.45. The molecular weight excluding hydrogens is 348 g/mol. The molecule has 0 bridgehead atoms. The predicted molar refractivity (Wildman–Crippen MR) is 99.4 cm³/mol. The van der Waals surface area contributed by atoms with Gasteiger partial charge >= 0.3 is 0 Å². The maximum atomic E-state index is 12.5. The largest absolute Gasteiger partial charge is 0.383 e. The monoisotopic (exact) mass is 376 g/mol. The second kappa shape index (κ2) is 8.15. The highest BCUT2D eigenvalue weighted by molar-refractivity contribution is 7.89. The Hall–Kier alpha value is -0.660. The van der Waals surface area contributed by atoms with Gasteiger partial charge in [-0.05, 0) is 42.5 Å². The topological polar surface area (TPSA) is 67.4 Å². The van der Waals surface area contributed by atoms with E-state index in [-0.39, 0.29) is 23.4 Å². The summed E-state index contributed by atoms with van der Waals surface area (Å²) >= 11 is 0. The summed E-state index contributed by atoms with van der Waals surface area (Å²) in [6.07, 6.45) is 1.94. The molecule has 138 valence electrons. The van der Waals surface area contributed by atoms with Crippen LogP contribution in [0.15, 0.2) is 29.2 Å². The molecule has 1 atom stereocenters. The van der Waals surface area contributed by atoms with Crippen LogP contribution in [0.1, 0.15) is 39.2 Å². The van der Waals surface area contributed by atoms with Gasteiger partial charge in [0.1, 0.15) is 0 Å². The second-order valence-electron chi connectivity index (χ2n) is 7.34. The van der Waals surface area contributed by atoms with Crippen molar-refractivity contribution < 1.29 is 13.2 Å². The zero-order chi connectivity index (χ0) is 17.1. The van der Waals surface area contributed by atoms with Gasteiger partial charge in [-0.25, -0.2) is 13.1 Å². The van der Waals surface area contributed by atoms with Gasteiger partial charge in [0, 0.05) is 13.7 Å². The number of nitrogens with one attached hydrogen (secondary N) is 2. The summed E-state index contributed by atoms with van der Waals surface area (Å²) in [5.74, 6) is 0. The molecule has 1 saturated heterocycles. The standard InChI is InChI=1S/C17H28N2O3S.ClH/c1-16(2,3)14-6-8-15(9-7-14)23(20,21)19-12-17(13-22-4)10-5-11-18-17;/h6-9,18-19H,5,10-13H2,1-4H3;1H. The van der Waals surface area contributed by atoms with Crippen molar-refractivity contribution in [2.24, 2.45) is 0 Å². The van der Waals surface area contributed by atoms with Crippen molar-refractivity contribution in [1.29, 1.82) is 0 Å². The smallest absolute Gasteiger partial charge is 0.240 e. The third-order valence-electron chi connectivity index (χ3n) is 4.38. The van der Waals surface area contributed by atoms with Gasteiger partial charge in [0.2, 0.25) is 10.0 Å². The summed E-state index contributed by atoms with van der Waals surface area (Å²) in [7, 11) is -1.87. The van der Waals surface area contributed by atoms with Crippen molar-refractivity contribution in [3.8, 4) is 0 Å². The van der Waals surface area contributed by atoms with E-state index in [1.165, 1.54) is 0 Å².